The van der Waals surface area contributed by atoms with E-state index in [1.54, 1.807) is 16.9 Å². The van der Waals surface area contributed by atoms with Crippen LogP contribution in [-0.2, 0) is 11.8 Å². The summed E-state index contributed by atoms with van der Waals surface area (Å²) in [5, 5.41) is 6.81. The Bertz CT molecular complexity index is 522. The highest BCUT2D eigenvalue weighted by molar-refractivity contribution is 5.89. The van der Waals surface area contributed by atoms with Gasteiger partial charge in [0.1, 0.15) is 5.75 Å². The molecule has 5 nitrogen and oxygen atoms in total. The molecule has 5 heteroatoms. The lowest BCUT2D eigenvalue weighted by molar-refractivity contribution is -0.116. The summed E-state index contributed by atoms with van der Waals surface area (Å²) in [5.74, 6) is 1.36. The number of nitrogens with zero attached hydrogens (tertiary/aromatic N) is 2. The predicted octanol–water partition coefficient (Wildman–Crippen LogP) is 2.22. The van der Waals surface area contributed by atoms with Crippen LogP contribution in [0.5, 0.6) is 5.75 Å². The van der Waals surface area contributed by atoms with Crippen molar-refractivity contribution in [1.29, 1.82) is 0 Å². The summed E-state index contributed by atoms with van der Waals surface area (Å²) in [7, 11) is 1.81. The van der Waals surface area contributed by atoms with Crippen LogP contribution in [0, 0.1) is 0 Å². The molecular formula is C14H17N3O2. The van der Waals surface area contributed by atoms with Gasteiger partial charge < -0.3 is 10.1 Å². The topological polar surface area (TPSA) is 56.2 Å². The van der Waals surface area contributed by atoms with E-state index in [1.165, 1.54) is 0 Å². The van der Waals surface area contributed by atoms with Crippen LogP contribution in [0.4, 0.5) is 5.82 Å². The number of nitrogens with one attached hydrogen (secondary N) is 1. The minimum atomic E-state index is -0.0460. The summed E-state index contributed by atoms with van der Waals surface area (Å²) < 4.78 is 7.16. The summed E-state index contributed by atoms with van der Waals surface area (Å²) in [4.78, 5) is 11.6. The van der Waals surface area contributed by atoms with E-state index in [4.69, 9.17) is 4.74 Å². The molecule has 2 aromatic rings. The van der Waals surface area contributed by atoms with Gasteiger partial charge in [0.15, 0.2) is 5.82 Å². The molecule has 0 aliphatic heterocycles. The van der Waals surface area contributed by atoms with E-state index < -0.39 is 0 Å². The van der Waals surface area contributed by atoms with Gasteiger partial charge in [0.25, 0.3) is 0 Å². The molecule has 1 amide bonds. The molecule has 19 heavy (non-hydrogen) atoms. The maximum atomic E-state index is 11.6. The molecule has 1 N–H and O–H groups in total. The monoisotopic (exact) mass is 259 g/mol. The van der Waals surface area contributed by atoms with E-state index in [1.807, 2.05) is 37.4 Å². The second-order valence-corrected chi connectivity index (χ2v) is 4.19. The van der Waals surface area contributed by atoms with Crippen molar-refractivity contribution in [3.05, 3.63) is 42.6 Å². The molecule has 0 saturated heterocycles. The van der Waals surface area contributed by atoms with Crippen molar-refractivity contribution >= 4 is 11.7 Å². The Morgan fingerprint density at radius 3 is 2.79 bits per heavy atom. The first-order valence-corrected chi connectivity index (χ1v) is 6.21. The third-order valence-corrected chi connectivity index (χ3v) is 2.54. The molecule has 0 bridgehead atoms. The molecule has 1 aromatic carbocycles. The number of benzene rings is 1. The van der Waals surface area contributed by atoms with Gasteiger partial charge in [0.05, 0.1) is 6.61 Å². The fourth-order valence-corrected chi connectivity index (χ4v) is 1.63. The molecule has 1 heterocycles. The molecule has 0 spiro atoms. The van der Waals surface area contributed by atoms with Crippen molar-refractivity contribution in [1.82, 2.24) is 9.78 Å². The summed E-state index contributed by atoms with van der Waals surface area (Å²) in [6.07, 6.45) is 2.88. The minimum absolute atomic E-state index is 0.0460. The van der Waals surface area contributed by atoms with Crippen molar-refractivity contribution in [3.63, 3.8) is 0 Å². The lowest BCUT2D eigenvalue weighted by Gasteiger charge is -2.05. The lowest BCUT2D eigenvalue weighted by Crippen LogP contribution is -2.13. The minimum Gasteiger partial charge on any atom is -0.494 e. The van der Waals surface area contributed by atoms with Crippen LogP contribution in [0.2, 0.25) is 0 Å². The van der Waals surface area contributed by atoms with Gasteiger partial charge in [-0.05, 0) is 18.6 Å². The van der Waals surface area contributed by atoms with Gasteiger partial charge in [-0.2, -0.15) is 5.10 Å². The van der Waals surface area contributed by atoms with Crippen LogP contribution in [-0.4, -0.2) is 22.3 Å². The van der Waals surface area contributed by atoms with Crippen molar-refractivity contribution in [2.24, 2.45) is 7.05 Å². The third-order valence-electron chi connectivity index (χ3n) is 2.54. The first-order valence-electron chi connectivity index (χ1n) is 6.21. The number of carbonyl (C=O) groups excluding carboxylic acids is 1. The van der Waals surface area contributed by atoms with Gasteiger partial charge in [0, 0.05) is 25.7 Å². The predicted molar refractivity (Wildman–Crippen MR) is 73.0 cm³/mol. The number of anilines is 1. The second kappa shape index (κ2) is 6.58. The Labute approximate surface area is 112 Å². The van der Waals surface area contributed by atoms with Gasteiger partial charge in [-0.3, -0.25) is 9.48 Å². The summed E-state index contributed by atoms with van der Waals surface area (Å²) >= 11 is 0. The average molecular weight is 259 g/mol. The normalized spacial score (nSPS) is 10.2. The van der Waals surface area contributed by atoms with Gasteiger partial charge in [-0.1, -0.05) is 18.2 Å². The fraction of sp³-hybridized carbons (Fsp3) is 0.286. The number of hydrogen-bond donors (Lipinski definition) is 1. The maximum absolute atomic E-state index is 11.6. The maximum Gasteiger partial charge on any atom is 0.225 e. The molecule has 0 atom stereocenters. The number of aryl methyl sites for hydroxylation is 1. The highest BCUT2D eigenvalue weighted by atomic mass is 16.5. The number of amides is 1. The molecule has 0 fully saturated rings. The molecule has 0 radical (unpaired) electrons. The van der Waals surface area contributed by atoms with E-state index in [0.717, 1.165) is 5.75 Å². The van der Waals surface area contributed by atoms with Crippen LogP contribution >= 0.6 is 0 Å². The Balaban J connectivity index is 1.64. The molecule has 0 unspecified atom stereocenters. The van der Waals surface area contributed by atoms with Gasteiger partial charge >= 0.3 is 0 Å². The Morgan fingerprint density at radius 2 is 2.11 bits per heavy atom. The Kier molecular flexibility index (Phi) is 4.55. The van der Waals surface area contributed by atoms with E-state index >= 15 is 0 Å². The van der Waals surface area contributed by atoms with E-state index in [9.17, 15) is 4.79 Å². The van der Waals surface area contributed by atoms with Crippen LogP contribution in [0.1, 0.15) is 12.8 Å². The molecule has 1 aromatic heterocycles. The zero-order chi connectivity index (χ0) is 13.5. The number of aromatic nitrogens is 2. The van der Waals surface area contributed by atoms with Crippen LogP contribution in [0.25, 0.3) is 0 Å². The largest absolute Gasteiger partial charge is 0.494 e. The molecule has 0 aliphatic rings. The summed E-state index contributed by atoms with van der Waals surface area (Å²) in [5.41, 5.74) is 0. The molecule has 2 rings (SSSR count). The smallest absolute Gasteiger partial charge is 0.225 e. The number of carbonyl (C=O) groups is 1. The zero-order valence-electron chi connectivity index (χ0n) is 10.9. The third kappa shape index (κ3) is 4.46. The number of rotatable bonds is 6. The highest BCUT2D eigenvalue weighted by Gasteiger charge is 2.04. The van der Waals surface area contributed by atoms with E-state index in [2.05, 4.69) is 10.4 Å². The van der Waals surface area contributed by atoms with Crippen LogP contribution < -0.4 is 10.1 Å². The number of para-hydroxylation sites is 1. The lowest BCUT2D eigenvalue weighted by atomic mass is 10.3. The van der Waals surface area contributed by atoms with Gasteiger partial charge in [-0.15, -0.1) is 0 Å². The van der Waals surface area contributed by atoms with Gasteiger partial charge in [0.2, 0.25) is 5.91 Å². The Morgan fingerprint density at radius 1 is 1.32 bits per heavy atom. The SMILES string of the molecule is Cn1ccc(NC(=O)CCCOc2ccccc2)n1. The zero-order valence-corrected chi connectivity index (χ0v) is 10.9. The standard InChI is InChI=1S/C14H17N3O2/c1-17-10-9-13(16-17)15-14(18)8-5-11-19-12-6-3-2-4-7-12/h2-4,6-7,9-10H,5,8,11H2,1H3,(H,15,16,18). The van der Waals surface area contributed by atoms with Crippen molar-refractivity contribution in [2.45, 2.75) is 12.8 Å². The first kappa shape index (κ1) is 13.1. The molecular weight excluding hydrogens is 242 g/mol. The summed E-state index contributed by atoms with van der Waals surface area (Å²) in [6.45, 7) is 0.527. The Hall–Kier alpha value is -2.30. The number of hydrogen-bond acceptors (Lipinski definition) is 3. The van der Waals surface area contributed by atoms with Crippen molar-refractivity contribution in [3.8, 4) is 5.75 Å². The van der Waals surface area contributed by atoms with Crippen molar-refractivity contribution in [2.75, 3.05) is 11.9 Å². The fourth-order valence-electron chi connectivity index (χ4n) is 1.63. The van der Waals surface area contributed by atoms with E-state index in [-0.39, 0.29) is 5.91 Å². The average Bonchev–Trinajstić information content (AvgIpc) is 2.81. The quantitative estimate of drug-likeness (QED) is 0.809. The second-order valence-electron chi connectivity index (χ2n) is 4.19. The van der Waals surface area contributed by atoms with Crippen LogP contribution in [0.3, 0.4) is 0 Å². The first-order chi connectivity index (χ1) is 9.24. The van der Waals surface area contributed by atoms with Crippen LogP contribution in [0.15, 0.2) is 42.6 Å². The van der Waals surface area contributed by atoms with Gasteiger partial charge in [-0.25, -0.2) is 0 Å². The molecule has 100 valence electrons. The highest BCUT2D eigenvalue weighted by Crippen LogP contribution is 2.09. The van der Waals surface area contributed by atoms with E-state index in [0.29, 0.717) is 25.3 Å². The molecule has 0 aliphatic carbocycles. The number of ether oxygens (including phenoxy) is 1. The summed E-state index contributed by atoms with van der Waals surface area (Å²) in [6, 6.07) is 11.3. The van der Waals surface area contributed by atoms with Crippen molar-refractivity contribution < 1.29 is 9.53 Å². The molecule has 0 saturated carbocycles.